The van der Waals surface area contributed by atoms with Crippen LogP contribution in [0.25, 0.3) is 0 Å². The highest BCUT2D eigenvalue weighted by molar-refractivity contribution is 6.02. The van der Waals surface area contributed by atoms with Gasteiger partial charge in [0.05, 0.1) is 0 Å². The average Bonchev–Trinajstić information content (AvgIpc) is 2.81. The van der Waals surface area contributed by atoms with Crippen molar-refractivity contribution in [1.82, 2.24) is 15.2 Å². The van der Waals surface area contributed by atoms with Crippen molar-refractivity contribution in [3.05, 3.63) is 22.5 Å². The maximum atomic E-state index is 12.7. The number of nitrogens with zero attached hydrogens (tertiary/aromatic N) is 1. The van der Waals surface area contributed by atoms with Crippen LogP contribution in [0.15, 0.2) is 0 Å². The van der Waals surface area contributed by atoms with E-state index >= 15 is 0 Å². The summed E-state index contributed by atoms with van der Waals surface area (Å²) < 4.78 is 0. The molecule has 1 aliphatic heterocycles. The molecule has 0 bridgehead atoms. The predicted octanol–water partition coefficient (Wildman–Crippen LogP) is 1.82. The molecule has 6 heteroatoms. The van der Waals surface area contributed by atoms with Crippen LogP contribution in [0.3, 0.4) is 0 Å². The molecule has 126 valence electrons. The van der Waals surface area contributed by atoms with Gasteiger partial charge < -0.3 is 15.2 Å². The zero-order valence-electron chi connectivity index (χ0n) is 14.3. The van der Waals surface area contributed by atoms with E-state index in [1.54, 1.807) is 11.8 Å². The van der Waals surface area contributed by atoms with E-state index in [9.17, 15) is 14.4 Å². The van der Waals surface area contributed by atoms with Gasteiger partial charge in [-0.15, -0.1) is 0 Å². The topological polar surface area (TPSA) is 82.3 Å². The minimum atomic E-state index is -0.0903. The Labute approximate surface area is 136 Å². The first kappa shape index (κ1) is 17.2. The quantitative estimate of drug-likeness (QED) is 0.831. The number of rotatable bonds is 4. The number of carbonyl (C=O) groups excluding carboxylic acids is 3. The van der Waals surface area contributed by atoms with Crippen molar-refractivity contribution in [3.63, 3.8) is 0 Å². The SMILES string of the molecule is CCNC(=O)C1CCN(C(=O)c2[nH]c(C)c(C(C)=O)c2C)CC1. The van der Waals surface area contributed by atoms with E-state index in [0.717, 1.165) is 5.69 Å². The zero-order chi connectivity index (χ0) is 17.1. The summed E-state index contributed by atoms with van der Waals surface area (Å²) in [5, 5.41) is 2.84. The lowest BCUT2D eigenvalue weighted by Crippen LogP contribution is -2.43. The van der Waals surface area contributed by atoms with Gasteiger partial charge in [-0.1, -0.05) is 0 Å². The van der Waals surface area contributed by atoms with Crippen molar-refractivity contribution in [2.75, 3.05) is 19.6 Å². The molecule has 0 saturated carbocycles. The molecule has 1 fully saturated rings. The molecule has 0 aliphatic carbocycles. The maximum Gasteiger partial charge on any atom is 0.270 e. The van der Waals surface area contributed by atoms with Crippen molar-refractivity contribution in [3.8, 4) is 0 Å². The number of hydrogen-bond donors (Lipinski definition) is 2. The van der Waals surface area contributed by atoms with E-state index in [4.69, 9.17) is 0 Å². The number of ketones is 1. The fourth-order valence-electron chi connectivity index (χ4n) is 3.31. The van der Waals surface area contributed by atoms with E-state index in [0.29, 0.717) is 49.3 Å². The Morgan fingerprint density at radius 1 is 1.22 bits per heavy atom. The molecular formula is C17H25N3O3. The summed E-state index contributed by atoms with van der Waals surface area (Å²) in [6.07, 6.45) is 1.35. The lowest BCUT2D eigenvalue weighted by atomic mass is 9.95. The normalized spacial score (nSPS) is 15.6. The standard InChI is InChI=1S/C17H25N3O3/c1-5-18-16(22)13-6-8-20(9-7-13)17(23)15-10(2)14(12(4)21)11(3)19-15/h13,19H,5-9H2,1-4H3,(H,18,22). The van der Waals surface area contributed by atoms with Gasteiger partial charge in [0.1, 0.15) is 5.69 Å². The number of H-pyrrole nitrogens is 1. The van der Waals surface area contributed by atoms with Crippen molar-refractivity contribution in [2.45, 2.75) is 40.5 Å². The first-order valence-corrected chi connectivity index (χ1v) is 8.13. The molecule has 0 unspecified atom stereocenters. The van der Waals surface area contributed by atoms with Crippen LogP contribution < -0.4 is 5.32 Å². The van der Waals surface area contributed by atoms with Crippen molar-refractivity contribution >= 4 is 17.6 Å². The first-order valence-electron chi connectivity index (χ1n) is 8.13. The van der Waals surface area contributed by atoms with Crippen LogP contribution in [-0.4, -0.2) is 47.1 Å². The van der Waals surface area contributed by atoms with Gasteiger partial charge in [0.2, 0.25) is 5.91 Å². The minimum absolute atomic E-state index is 0.0155. The third kappa shape index (κ3) is 3.46. The number of likely N-dealkylation sites (tertiary alicyclic amines) is 1. The third-order valence-electron chi connectivity index (χ3n) is 4.51. The summed E-state index contributed by atoms with van der Waals surface area (Å²) in [5.41, 5.74) is 2.54. The smallest absolute Gasteiger partial charge is 0.270 e. The summed E-state index contributed by atoms with van der Waals surface area (Å²) in [6, 6.07) is 0. The molecule has 1 saturated heterocycles. The molecule has 0 radical (unpaired) electrons. The second kappa shape index (κ2) is 6.98. The number of hydrogen-bond acceptors (Lipinski definition) is 3. The third-order valence-corrected chi connectivity index (χ3v) is 4.51. The van der Waals surface area contributed by atoms with Crippen LogP contribution in [-0.2, 0) is 4.79 Å². The highest BCUT2D eigenvalue weighted by atomic mass is 16.2. The largest absolute Gasteiger partial charge is 0.356 e. The highest BCUT2D eigenvalue weighted by Crippen LogP contribution is 2.23. The molecule has 0 atom stereocenters. The second-order valence-electron chi connectivity index (χ2n) is 6.14. The Balaban J connectivity index is 2.07. The summed E-state index contributed by atoms with van der Waals surface area (Å²) in [7, 11) is 0. The van der Waals surface area contributed by atoms with Crippen LogP contribution >= 0.6 is 0 Å². The van der Waals surface area contributed by atoms with Gasteiger partial charge in [0.25, 0.3) is 5.91 Å². The Morgan fingerprint density at radius 3 is 2.30 bits per heavy atom. The van der Waals surface area contributed by atoms with Crippen molar-refractivity contribution in [1.29, 1.82) is 0 Å². The molecule has 0 aromatic carbocycles. The number of Topliss-reactive ketones (excluding diaryl/α,β-unsaturated/α-hetero) is 1. The lowest BCUT2D eigenvalue weighted by Gasteiger charge is -2.31. The molecule has 2 amide bonds. The lowest BCUT2D eigenvalue weighted by molar-refractivity contribution is -0.126. The zero-order valence-corrected chi connectivity index (χ0v) is 14.3. The number of aryl methyl sites for hydroxylation is 1. The molecule has 6 nitrogen and oxygen atoms in total. The van der Waals surface area contributed by atoms with Gasteiger partial charge in [0, 0.05) is 36.8 Å². The summed E-state index contributed by atoms with van der Waals surface area (Å²) in [6.45, 7) is 8.78. The Hall–Kier alpha value is -2.11. The predicted molar refractivity (Wildman–Crippen MR) is 87.6 cm³/mol. The van der Waals surface area contributed by atoms with Gasteiger partial charge in [-0.3, -0.25) is 14.4 Å². The van der Waals surface area contributed by atoms with Gasteiger partial charge in [-0.2, -0.15) is 0 Å². The Kier molecular flexibility index (Phi) is 5.23. The summed E-state index contributed by atoms with van der Waals surface area (Å²) in [4.78, 5) is 41.1. The van der Waals surface area contributed by atoms with E-state index in [1.807, 2.05) is 13.8 Å². The molecule has 23 heavy (non-hydrogen) atoms. The van der Waals surface area contributed by atoms with Gasteiger partial charge in [0.15, 0.2) is 5.78 Å². The molecule has 1 aromatic rings. The van der Waals surface area contributed by atoms with Crippen LogP contribution in [0.2, 0.25) is 0 Å². The Morgan fingerprint density at radius 2 is 1.83 bits per heavy atom. The van der Waals surface area contributed by atoms with Crippen LogP contribution in [0.5, 0.6) is 0 Å². The van der Waals surface area contributed by atoms with E-state index < -0.39 is 0 Å². The van der Waals surface area contributed by atoms with E-state index in [1.165, 1.54) is 6.92 Å². The van der Waals surface area contributed by atoms with Crippen LogP contribution in [0.1, 0.15) is 58.8 Å². The number of amides is 2. The minimum Gasteiger partial charge on any atom is -0.356 e. The average molecular weight is 319 g/mol. The number of aromatic nitrogens is 1. The number of carbonyl (C=O) groups is 3. The second-order valence-corrected chi connectivity index (χ2v) is 6.14. The fraction of sp³-hybridized carbons (Fsp3) is 0.588. The molecule has 2 heterocycles. The van der Waals surface area contributed by atoms with Crippen molar-refractivity contribution in [2.24, 2.45) is 5.92 Å². The van der Waals surface area contributed by atoms with Gasteiger partial charge in [-0.05, 0) is 46.1 Å². The molecule has 2 N–H and O–H groups in total. The van der Waals surface area contributed by atoms with Gasteiger partial charge >= 0.3 is 0 Å². The monoisotopic (exact) mass is 319 g/mol. The fourth-order valence-corrected chi connectivity index (χ4v) is 3.31. The first-order chi connectivity index (χ1) is 10.9. The van der Waals surface area contributed by atoms with E-state index in [-0.39, 0.29) is 23.5 Å². The van der Waals surface area contributed by atoms with E-state index in [2.05, 4.69) is 10.3 Å². The number of piperidine rings is 1. The highest BCUT2D eigenvalue weighted by Gasteiger charge is 2.29. The number of nitrogens with one attached hydrogen (secondary N) is 2. The summed E-state index contributed by atoms with van der Waals surface area (Å²) in [5.74, 6) is -0.0682. The number of aromatic amines is 1. The molecule has 2 rings (SSSR count). The van der Waals surface area contributed by atoms with Crippen LogP contribution in [0.4, 0.5) is 0 Å². The summed E-state index contributed by atoms with van der Waals surface area (Å²) >= 11 is 0. The maximum absolute atomic E-state index is 12.7. The van der Waals surface area contributed by atoms with Crippen LogP contribution in [0, 0.1) is 19.8 Å². The molecular weight excluding hydrogens is 294 g/mol. The van der Waals surface area contributed by atoms with Crippen molar-refractivity contribution < 1.29 is 14.4 Å². The molecule has 0 spiro atoms. The molecule has 1 aliphatic rings. The van der Waals surface area contributed by atoms with Gasteiger partial charge in [-0.25, -0.2) is 0 Å². The molecule has 1 aromatic heterocycles. The Bertz CT molecular complexity index is 625.